The molecule has 0 fully saturated rings. The fourth-order valence-corrected chi connectivity index (χ4v) is 4.45. The van der Waals surface area contributed by atoms with Crippen LogP contribution in [-0.2, 0) is 19.5 Å². The topological polar surface area (TPSA) is 69.3 Å². The molecule has 0 unspecified atom stereocenters. The number of amides is 1. The third-order valence-electron chi connectivity index (χ3n) is 4.47. The van der Waals surface area contributed by atoms with E-state index in [4.69, 9.17) is 4.42 Å². The number of nitrogens with one attached hydrogen (secondary N) is 1. The van der Waals surface area contributed by atoms with E-state index in [0.29, 0.717) is 10.6 Å². The number of furan rings is 1. The third-order valence-corrected chi connectivity index (χ3v) is 5.60. The molecule has 0 aliphatic carbocycles. The van der Waals surface area contributed by atoms with E-state index in [-0.39, 0.29) is 11.7 Å². The van der Waals surface area contributed by atoms with Crippen LogP contribution in [0.3, 0.4) is 0 Å². The van der Waals surface area contributed by atoms with Crippen LogP contribution in [0.25, 0.3) is 0 Å². The average molecular weight is 363 g/mol. The predicted octanol–water partition coefficient (Wildman–Crippen LogP) is 4.02. The van der Waals surface area contributed by atoms with Crippen molar-refractivity contribution in [3.8, 4) is 6.07 Å². The first-order valence-electron chi connectivity index (χ1n) is 8.40. The van der Waals surface area contributed by atoms with E-state index in [2.05, 4.69) is 28.4 Å². The Labute approximate surface area is 155 Å². The first-order valence-corrected chi connectivity index (χ1v) is 9.22. The summed E-state index contributed by atoms with van der Waals surface area (Å²) in [4.78, 5) is 15.8. The van der Waals surface area contributed by atoms with E-state index in [9.17, 15) is 10.1 Å². The molecule has 5 nitrogen and oxygen atoms in total. The number of fused-ring (bicyclic) bond motifs is 1. The zero-order valence-electron chi connectivity index (χ0n) is 14.1. The van der Waals surface area contributed by atoms with Crippen LogP contribution in [-0.4, -0.2) is 17.4 Å². The van der Waals surface area contributed by atoms with Crippen LogP contribution in [0.15, 0.2) is 53.1 Å². The molecule has 26 heavy (non-hydrogen) atoms. The molecule has 0 spiro atoms. The number of nitriles is 1. The van der Waals surface area contributed by atoms with Crippen LogP contribution >= 0.6 is 11.3 Å². The zero-order chi connectivity index (χ0) is 17.9. The van der Waals surface area contributed by atoms with Crippen LogP contribution in [0, 0.1) is 11.3 Å². The predicted molar refractivity (Wildman–Crippen MR) is 100.0 cm³/mol. The van der Waals surface area contributed by atoms with Crippen molar-refractivity contribution in [2.45, 2.75) is 19.5 Å². The van der Waals surface area contributed by atoms with Gasteiger partial charge in [-0.1, -0.05) is 30.3 Å². The molecule has 0 bridgehead atoms. The molecule has 0 radical (unpaired) electrons. The van der Waals surface area contributed by atoms with Crippen molar-refractivity contribution < 1.29 is 9.21 Å². The summed E-state index contributed by atoms with van der Waals surface area (Å²) in [5.41, 5.74) is 2.93. The number of hydrogen-bond donors (Lipinski definition) is 1. The fraction of sp³-hybridized carbons (Fsp3) is 0.200. The summed E-state index contributed by atoms with van der Waals surface area (Å²) >= 11 is 1.49. The quantitative estimate of drug-likeness (QED) is 0.760. The second kappa shape index (κ2) is 7.16. The number of thiophene rings is 1. The molecule has 2 aromatic heterocycles. The Morgan fingerprint density at radius 1 is 1.27 bits per heavy atom. The van der Waals surface area contributed by atoms with Gasteiger partial charge < -0.3 is 9.73 Å². The molecule has 1 aromatic carbocycles. The molecule has 0 saturated heterocycles. The van der Waals surface area contributed by atoms with Gasteiger partial charge in [0.2, 0.25) is 0 Å². The lowest BCUT2D eigenvalue weighted by Gasteiger charge is -2.26. The second-order valence-electron chi connectivity index (χ2n) is 6.20. The van der Waals surface area contributed by atoms with Crippen LogP contribution in [0.5, 0.6) is 0 Å². The van der Waals surface area contributed by atoms with Gasteiger partial charge in [-0.15, -0.1) is 11.3 Å². The molecule has 0 saturated carbocycles. The smallest absolute Gasteiger partial charge is 0.291 e. The molecule has 1 aliphatic heterocycles. The maximum absolute atomic E-state index is 12.2. The first kappa shape index (κ1) is 16.6. The summed E-state index contributed by atoms with van der Waals surface area (Å²) in [6, 6.07) is 15.9. The van der Waals surface area contributed by atoms with E-state index in [1.807, 2.05) is 18.2 Å². The highest BCUT2D eigenvalue weighted by atomic mass is 32.1. The van der Waals surface area contributed by atoms with Crippen molar-refractivity contribution in [3.63, 3.8) is 0 Å². The maximum atomic E-state index is 12.2. The SMILES string of the molecule is N#Cc1c(NC(=O)c2ccco2)sc2c1CCN(Cc1ccccc1)C2. The summed E-state index contributed by atoms with van der Waals surface area (Å²) < 4.78 is 5.13. The van der Waals surface area contributed by atoms with Gasteiger partial charge in [-0.2, -0.15) is 5.26 Å². The molecule has 6 heteroatoms. The first-order chi connectivity index (χ1) is 12.7. The molecule has 1 N–H and O–H groups in total. The Bertz CT molecular complexity index is 955. The van der Waals surface area contributed by atoms with Gasteiger partial charge in [0.15, 0.2) is 5.76 Å². The largest absolute Gasteiger partial charge is 0.459 e. The second-order valence-corrected chi connectivity index (χ2v) is 7.30. The van der Waals surface area contributed by atoms with Crippen molar-refractivity contribution in [3.05, 3.63) is 76.1 Å². The number of nitrogens with zero attached hydrogens (tertiary/aromatic N) is 2. The van der Waals surface area contributed by atoms with Crippen molar-refractivity contribution in [2.24, 2.45) is 0 Å². The highest BCUT2D eigenvalue weighted by molar-refractivity contribution is 7.16. The average Bonchev–Trinajstić information content (AvgIpc) is 3.29. The molecule has 130 valence electrons. The maximum Gasteiger partial charge on any atom is 0.291 e. The minimum absolute atomic E-state index is 0.242. The van der Waals surface area contributed by atoms with E-state index in [0.717, 1.165) is 36.5 Å². The van der Waals surface area contributed by atoms with Crippen LogP contribution in [0.4, 0.5) is 5.00 Å². The summed E-state index contributed by atoms with van der Waals surface area (Å²) in [6.45, 7) is 2.58. The highest BCUT2D eigenvalue weighted by Crippen LogP contribution is 2.37. The number of anilines is 1. The van der Waals surface area contributed by atoms with Gasteiger partial charge in [-0.3, -0.25) is 9.69 Å². The van der Waals surface area contributed by atoms with E-state index >= 15 is 0 Å². The number of hydrogen-bond acceptors (Lipinski definition) is 5. The van der Waals surface area contributed by atoms with Gasteiger partial charge in [0.05, 0.1) is 11.8 Å². The number of carbonyl (C=O) groups is 1. The van der Waals surface area contributed by atoms with Crippen molar-refractivity contribution >= 4 is 22.2 Å². The molecule has 1 aliphatic rings. The van der Waals surface area contributed by atoms with Gasteiger partial charge in [-0.05, 0) is 29.7 Å². The van der Waals surface area contributed by atoms with Gasteiger partial charge in [0.25, 0.3) is 5.91 Å². The third kappa shape index (κ3) is 3.27. The molecule has 1 amide bonds. The van der Waals surface area contributed by atoms with Crippen molar-refractivity contribution in [1.82, 2.24) is 4.90 Å². The lowest BCUT2D eigenvalue weighted by molar-refractivity contribution is 0.0997. The van der Waals surface area contributed by atoms with Crippen molar-refractivity contribution in [1.29, 1.82) is 5.26 Å². The zero-order valence-corrected chi connectivity index (χ0v) is 14.9. The van der Waals surface area contributed by atoms with E-state index in [1.165, 1.54) is 23.2 Å². The Kier molecular flexibility index (Phi) is 4.57. The standard InChI is InChI=1S/C20H17N3O2S/c21-11-16-15-8-9-23(12-14-5-2-1-3-6-14)13-18(15)26-20(16)22-19(24)17-7-4-10-25-17/h1-7,10H,8-9,12-13H2,(H,22,24). The molecular weight excluding hydrogens is 346 g/mol. The monoisotopic (exact) mass is 363 g/mol. The van der Waals surface area contributed by atoms with Gasteiger partial charge >= 0.3 is 0 Å². The molecule has 3 aromatic rings. The van der Waals surface area contributed by atoms with Gasteiger partial charge in [0, 0.05) is 24.5 Å². The lowest BCUT2D eigenvalue weighted by atomic mass is 10.0. The summed E-state index contributed by atoms with van der Waals surface area (Å²) in [7, 11) is 0. The van der Waals surface area contributed by atoms with E-state index in [1.54, 1.807) is 12.1 Å². The minimum Gasteiger partial charge on any atom is -0.459 e. The molecule has 0 atom stereocenters. The Hall–Kier alpha value is -2.88. The van der Waals surface area contributed by atoms with E-state index < -0.39 is 0 Å². The summed E-state index contributed by atoms with van der Waals surface area (Å²) in [6.07, 6.45) is 2.28. The molecular formula is C20H17N3O2S. The number of benzene rings is 1. The summed E-state index contributed by atoms with van der Waals surface area (Å²) in [5, 5.41) is 13.0. The van der Waals surface area contributed by atoms with Gasteiger partial charge in [0.1, 0.15) is 11.1 Å². The Morgan fingerprint density at radius 3 is 2.85 bits per heavy atom. The Balaban J connectivity index is 1.53. The van der Waals surface area contributed by atoms with Crippen LogP contribution in [0.2, 0.25) is 0 Å². The minimum atomic E-state index is -0.328. The number of carbonyl (C=O) groups excluding carboxylic acids is 1. The Morgan fingerprint density at radius 2 is 2.12 bits per heavy atom. The van der Waals surface area contributed by atoms with Crippen molar-refractivity contribution in [2.75, 3.05) is 11.9 Å². The fourth-order valence-electron chi connectivity index (χ4n) is 3.21. The van der Waals surface area contributed by atoms with Crippen LogP contribution in [0.1, 0.15) is 32.1 Å². The summed E-state index contributed by atoms with van der Waals surface area (Å²) in [5.74, 6) is -0.0859. The normalized spacial score (nSPS) is 13.8. The lowest BCUT2D eigenvalue weighted by Crippen LogP contribution is -2.29. The molecule has 3 heterocycles. The molecule has 4 rings (SSSR count). The highest BCUT2D eigenvalue weighted by Gasteiger charge is 2.25. The van der Waals surface area contributed by atoms with Crippen LogP contribution < -0.4 is 5.32 Å². The van der Waals surface area contributed by atoms with Gasteiger partial charge in [-0.25, -0.2) is 0 Å². The number of rotatable bonds is 4.